The van der Waals surface area contributed by atoms with Crippen LogP contribution in [-0.2, 0) is 9.84 Å². The molecule has 130 valence electrons. The highest BCUT2D eigenvalue weighted by Crippen LogP contribution is 2.32. The highest BCUT2D eigenvalue weighted by atomic mass is 35.5. The van der Waals surface area contributed by atoms with Crippen molar-refractivity contribution >= 4 is 55.7 Å². The van der Waals surface area contributed by atoms with Crippen LogP contribution in [0.1, 0.15) is 20.1 Å². The zero-order valence-corrected chi connectivity index (χ0v) is 16.6. The molecule has 0 bridgehead atoms. The number of carbonyl (C=O) groups excluding carboxylic acids is 1. The Balaban J connectivity index is 1.94. The van der Waals surface area contributed by atoms with Gasteiger partial charge in [0, 0.05) is 25.5 Å². The van der Waals surface area contributed by atoms with E-state index in [9.17, 15) is 13.2 Å². The number of aryl methyl sites for hydroxylation is 2. The molecule has 0 atom stereocenters. The van der Waals surface area contributed by atoms with Crippen LogP contribution < -0.4 is 5.32 Å². The van der Waals surface area contributed by atoms with Gasteiger partial charge in [0.25, 0.3) is 5.91 Å². The molecule has 2 aromatic heterocycles. The first-order chi connectivity index (χ1) is 11.8. The molecule has 0 fully saturated rings. The minimum atomic E-state index is -3.74. The first-order valence-corrected chi connectivity index (χ1v) is 10.9. The first kappa shape index (κ1) is 18.1. The molecule has 1 amide bonds. The summed E-state index contributed by atoms with van der Waals surface area (Å²) in [6.07, 6.45) is 0. The Kier molecular flexibility index (Phi) is 5.02. The number of thiophene rings is 2. The van der Waals surface area contributed by atoms with E-state index in [2.05, 4.69) is 5.32 Å². The maximum atomic E-state index is 12.8. The third kappa shape index (κ3) is 3.64. The highest BCUT2D eigenvalue weighted by Gasteiger charge is 2.24. The zero-order valence-electron chi connectivity index (χ0n) is 13.4. The Bertz CT molecular complexity index is 1030. The van der Waals surface area contributed by atoms with Gasteiger partial charge in [-0.2, -0.15) is 0 Å². The summed E-state index contributed by atoms with van der Waals surface area (Å²) in [7, 11) is -3.74. The maximum Gasteiger partial charge on any atom is 0.256 e. The van der Waals surface area contributed by atoms with Crippen molar-refractivity contribution in [2.45, 2.75) is 23.6 Å². The monoisotopic (exact) mass is 411 g/mol. The lowest BCUT2D eigenvalue weighted by Gasteiger charge is -2.08. The summed E-state index contributed by atoms with van der Waals surface area (Å²) in [5, 5.41) is 6.32. The van der Waals surface area contributed by atoms with E-state index in [1.165, 1.54) is 52.3 Å². The van der Waals surface area contributed by atoms with Crippen molar-refractivity contribution in [3.05, 3.63) is 61.4 Å². The van der Waals surface area contributed by atoms with Gasteiger partial charge in [-0.05, 0) is 44.2 Å². The SMILES string of the molecule is Cc1cc(C(=O)Nc2cscc2S(=O)(=O)c2ccc(Cl)cc2)c(C)s1. The summed E-state index contributed by atoms with van der Waals surface area (Å²) in [5.41, 5.74) is 0.844. The smallest absolute Gasteiger partial charge is 0.256 e. The van der Waals surface area contributed by atoms with Crippen LogP contribution in [0.2, 0.25) is 5.02 Å². The molecule has 0 spiro atoms. The number of rotatable bonds is 4. The molecule has 0 unspecified atom stereocenters. The summed E-state index contributed by atoms with van der Waals surface area (Å²) in [5.74, 6) is -0.312. The van der Waals surface area contributed by atoms with E-state index >= 15 is 0 Å². The van der Waals surface area contributed by atoms with Gasteiger partial charge in [-0.25, -0.2) is 8.42 Å². The van der Waals surface area contributed by atoms with E-state index in [0.29, 0.717) is 10.6 Å². The summed E-state index contributed by atoms with van der Waals surface area (Å²) in [6, 6.07) is 7.75. The summed E-state index contributed by atoms with van der Waals surface area (Å²) in [4.78, 5) is 14.6. The average molecular weight is 412 g/mol. The molecule has 0 aliphatic rings. The van der Waals surface area contributed by atoms with Gasteiger partial charge in [-0.15, -0.1) is 22.7 Å². The number of benzene rings is 1. The van der Waals surface area contributed by atoms with Gasteiger partial charge in [0.05, 0.1) is 16.1 Å². The molecule has 0 saturated heterocycles. The maximum absolute atomic E-state index is 12.8. The number of amides is 1. The number of halogens is 1. The number of sulfone groups is 1. The molecule has 25 heavy (non-hydrogen) atoms. The van der Waals surface area contributed by atoms with E-state index in [0.717, 1.165) is 9.75 Å². The summed E-state index contributed by atoms with van der Waals surface area (Å²) < 4.78 is 25.7. The molecule has 0 radical (unpaired) electrons. The molecule has 3 rings (SSSR count). The predicted octanol–water partition coefficient (Wildman–Crippen LogP) is 5.16. The van der Waals surface area contributed by atoms with Gasteiger partial charge in [-0.1, -0.05) is 11.6 Å². The lowest BCUT2D eigenvalue weighted by Crippen LogP contribution is -2.14. The molecule has 4 nitrogen and oxygen atoms in total. The van der Waals surface area contributed by atoms with Gasteiger partial charge in [-0.3, -0.25) is 4.79 Å². The van der Waals surface area contributed by atoms with Crippen molar-refractivity contribution in [3.8, 4) is 0 Å². The zero-order chi connectivity index (χ0) is 18.2. The molecular weight excluding hydrogens is 398 g/mol. The fourth-order valence-corrected chi connectivity index (χ4v) is 5.95. The summed E-state index contributed by atoms with van der Waals surface area (Å²) >= 11 is 8.57. The molecule has 1 aromatic carbocycles. The van der Waals surface area contributed by atoms with Crippen molar-refractivity contribution in [2.75, 3.05) is 5.32 Å². The highest BCUT2D eigenvalue weighted by molar-refractivity contribution is 7.91. The average Bonchev–Trinajstić information content (AvgIpc) is 3.14. The fourth-order valence-electron chi connectivity index (χ4n) is 2.37. The number of carbonyl (C=O) groups is 1. The van der Waals surface area contributed by atoms with Crippen molar-refractivity contribution in [1.29, 1.82) is 0 Å². The lowest BCUT2D eigenvalue weighted by molar-refractivity contribution is 0.102. The van der Waals surface area contributed by atoms with Crippen LogP contribution in [0.5, 0.6) is 0 Å². The molecule has 0 saturated carbocycles. The molecule has 3 aromatic rings. The Hall–Kier alpha value is -1.67. The molecule has 0 aliphatic heterocycles. The largest absolute Gasteiger partial charge is 0.320 e. The minimum absolute atomic E-state index is 0.0813. The van der Waals surface area contributed by atoms with E-state index in [-0.39, 0.29) is 21.4 Å². The van der Waals surface area contributed by atoms with Crippen molar-refractivity contribution < 1.29 is 13.2 Å². The van der Waals surface area contributed by atoms with Crippen LogP contribution in [0.4, 0.5) is 5.69 Å². The Labute approximate surface area is 159 Å². The van der Waals surface area contributed by atoms with Gasteiger partial charge in [0.15, 0.2) is 0 Å². The third-order valence-electron chi connectivity index (χ3n) is 3.57. The van der Waals surface area contributed by atoms with Crippen LogP contribution in [0.25, 0.3) is 0 Å². The summed E-state index contributed by atoms with van der Waals surface area (Å²) in [6.45, 7) is 3.79. The number of anilines is 1. The molecule has 8 heteroatoms. The van der Waals surface area contributed by atoms with Crippen molar-refractivity contribution in [2.24, 2.45) is 0 Å². The third-order valence-corrected chi connectivity index (χ3v) is 7.49. The lowest BCUT2D eigenvalue weighted by atomic mass is 10.2. The van der Waals surface area contributed by atoms with Crippen molar-refractivity contribution in [3.63, 3.8) is 0 Å². The second-order valence-electron chi connectivity index (χ2n) is 5.39. The Morgan fingerprint density at radius 1 is 1.12 bits per heavy atom. The van der Waals surface area contributed by atoms with Gasteiger partial charge in [0.1, 0.15) is 4.90 Å². The van der Waals surface area contributed by atoms with Crippen LogP contribution >= 0.6 is 34.3 Å². The van der Waals surface area contributed by atoms with Crippen LogP contribution in [0, 0.1) is 13.8 Å². The van der Waals surface area contributed by atoms with Gasteiger partial charge >= 0.3 is 0 Å². The Morgan fingerprint density at radius 3 is 2.40 bits per heavy atom. The topological polar surface area (TPSA) is 63.2 Å². The molecule has 1 N–H and O–H groups in total. The van der Waals surface area contributed by atoms with Crippen LogP contribution in [0.15, 0.2) is 50.9 Å². The minimum Gasteiger partial charge on any atom is -0.320 e. The quantitative estimate of drug-likeness (QED) is 0.644. The van der Waals surface area contributed by atoms with E-state index < -0.39 is 9.84 Å². The van der Waals surface area contributed by atoms with Crippen molar-refractivity contribution in [1.82, 2.24) is 0 Å². The molecular formula is C17H14ClNO3S3. The number of hydrogen-bond donors (Lipinski definition) is 1. The Morgan fingerprint density at radius 2 is 1.80 bits per heavy atom. The normalized spacial score (nSPS) is 11.5. The van der Waals surface area contributed by atoms with E-state index in [1.54, 1.807) is 11.4 Å². The van der Waals surface area contributed by atoms with Crippen LogP contribution in [0.3, 0.4) is 0 Å². The second-order valence-corrected chi connectivity index (χ2v) is 9.95. The predicted molar refractivity (Wildman–Crippen MR) is 103 cm³/mol. The van der Waals surface area contributed by atoms with E-state index in [4.69, 9.17) is 11.6 Å². The number of hydrogen-bond acceptors (Lipinski definition) is 5. The van der Waals surface area contributed by atoms with Gasteiger partial charge < -0.3 is 5.32 Å². The van der Waals surface area contributed by atoms with E-state index in [1.807, 2.05) is 13.8 Å². The number of nitrogens with one attached hydrogen (secondary N) is 1. The fraction of sp³-hybridized carbons (Fsp3) is 0.118. The standard InChI is InChI=1S/C17H14ClNO3S3/c1-10-7-14(11(2)24-10)17(20)19-15-8-23-9-16(15)25(21,22)13-5-3-12(18)4-6-13/h3-9H,1-2H3,(H,19,20). The van der Waals surface area contributed by atoms with Gasteiger partial charge in [0.2, 0.25) is 9.84 Å². The molecule has 0 aliphatic carbocycles. The van der Waals surface area contributed by atoms with Crippen LogP contribution in [-0.4, -0.2) is 14.3 Å². The molecule has 2 heterocycles. The second kappa shape index (κ2) is 6.92. The first-order valence-electron chi connectivity index (χ1n) is 7.24.